The Morgan fingerprint density at radius 3 is 2.89 bits per heavy atom. The Labute approximate surface area is 122 Å². The monoisotopic (exact) mass is 329 g/mol. The van der Waals surface area contributed by atoms with Crippen molar-refractivity contribution in [2.45, 2.75) is 44.8 Å². The molecular weight excluding hydrogens is 309 g/mol. The predicted molar refractivity (Wildman–Crippen MR) is 78.5 cm³/mol. The van der Waals surface area contributed by atoms with Gasteiger partial charge in [0.25, 0.3) is 0 Å². The number of hydrogen-bond donors (Lipinski definition) is 1. The quantitative estimate of drug-likeness (QED) is 0.864. The third kappa shape index (κ3) is 4.26. The highest BCUT2D eigenvalue weighted by molar-refractivity contribution is 9.10. The summed E-state index contributed by atoms with van der Waals surface area (Å²) >= 11 is 3.44. The van der Waals surface area contributed by atoms with Crippen LogP contribution in [0.5, 0.6) is 0 Å². The molecule has 2 N–H and O–H groups in total. The summed E-state index contributed by atoms with van der Waals surface area (Å²) in [5.74, 6) is 0.462. The van der Waals surface area contributed by atoms with Gasteiger partial charge in [0.2, 0.25) is 0 Å². The van der Waals surface area contributed by atoms with E-state index in [2.05, 4.69) is 15.9 Å². The van der Waals surface area contributed by atoms with Crippen molar-refractivity contribution >= 4 is 15.9 Å². The molecule has 1 fully saturated rings. The van der Waals surface area contributed by atoms with Gasteiger partial charge >= 0.3 is 0 Å². The molecule has 106 valence electrons. The molecule has 1 atom stereocenters. The van der Waals surface area contributed by atoms with Crippen molar-refractivity contribution in [3.8, 4) is 0 Å². The van der Waals surface area contributed by atoms with Crippen molar-refractivity contribution < 1.29 is 9.13 Å². The Morgan fingerprint density at radius 1 is 1.47 bits per heavy atom. The minimum absolute atomic E-state index is 0.0886. The van der Waals surface area contributed by atoms with E-state index in [9.17, 15) is 4.39 Å². The summed E-state index contributed by atoms with van der Waals surface area (Å²) < 4.78 is 19.7. The first kappa shape index (κ1) is 14.9. The molecular formula is C15H21BrFNO. The first-order chi connectivity index (χ1) is 9.08. The lowest BCUT2D eigenvalue weighted by atomic mass is 9.77. The zero-order chi connectivity index (χ0) is 13.8. The molecule has 1 unspecified atom stereocenters. The molecule has 1 aliphatic rings. The Balaban J connectivity index is 1.79. The Kier molecular flexibility index (Phi) is 5.37. The average molecular weight is 330 g/mol. The fourth-order valence-electron chi connectivity index (χ4n) is 2.73. The van der Waals surface area contributed by atoms with Gasteiger partial charge in [0.05, 0.1) is 6.10 Å². The van der Waals surface area contributed by atoms with Crippen LogP contribution in [0, 0.1) is 11.7 Å². The van der Waals surface area contributed by atoms with Gasteiger partial charge in [0, 0.05) is 17.1 Å². The van der Waals surface area contributed by atoms with Gasteiger partial charge in [-0.25, -0.2) is 4.39 Å². The van der Waals surface area contributed by atoms with Crippen LogP contribution in [0.25, 0.3) is 0 Å². The zero-order valence-corrected chi connectivity index (χ0v) is 12.8. The summed E-state index contributed by atoms with van der Waals surface area (Å²) in [6, 6.07) is 4.85. The summed E-state index contributed by atoms with van der Waals surface area (Å²) in [4.78, 5) is 0. The molecule has 0 aliphatic heterocycles. The predicted octanol–water partition coefficient (Wildman–Crippen LogP) is 3.66. The SMILES string of the molecule is CCOC1CC(CC(N)Cc2cc(F)ccc2Br)C1. The lowest BCUT2D eigenvalue weighted by Gasteiger charge is -2.36. The molecule has 0 heterocycles. The lowest BCUT2D eigenvalue weighted by Crippen LogP contribution is -2.36. The Morgan fingerprint density at radius 2 is 2.21 bits per heavy atom. The van der Waals surface area contributed by atoms with Gasteiger partial charge in [-0.15, -0.1) is 0 Å². The minimum Gasteiger partial charge on any atom is -0.378 e. The molecule has 0 saturated heterocycles. The summed E-state index contributed by atoms with van der Waals surface area (Å²) in [6.45, 7) is 2.82. The third-order valence-corrected chi connectivity index (χ3v) is 4.49. The summed E-state index contributed by atoms with van der Waals surface area (Å²) in [5.41, 5.74) is 7.12. The largest absolute Gasteiger partial charge is 0.378 e. The first-order valence-electron chi connectivity index (χ1n) is 6.89. The highest BCUT2D eigenvalue weighted by Crippen LogP contribution is 2.34. The number of ether oxygens (including phenoxy) is 1. The molecule has 1 saturated carbocycles. The van der Waals surface area contributed by atoms with E-state index in [1.807, 2.05) is 6.92 Å². The topological polar surface area (TPSA) is 35.2 Å². The van der Waals surface area contributed by atoms with Crippen LogP contribution in [-0.2, 0) is 11.2 Å². The second kappa shape index (κ2) is 6.82. The Bertz CT molecular complexity index is 421. The maximum Gasteiger partial charge on any atom is 0.123 e. The van der Waals surface area contributed by atoms with Crippen LogP contribution in [0.1, 0.15) is 31.7 Å². The number of hydrogen-bond acceptors (Lipinski definition) is 2. The second-order valence-corrected chi connectivity index (χ2v) is 6.20. The van der Waals surface area contributed by atoms with Crippen LogP contribution in [0.2, 0.25) is 0 Å². The van der Waals surface area contributed by atoms with Crippen LogP contribution in [0.4, 0.5) is 4.39 Å². The van der Waals surface area contributed by atoms with Crippen LogP contribution in [0.15, 0.2) is 22.7 Å². The van der Waals surface area contributed by atoms with Gasteiger partial charge in [-0.1, -0.05) is 15.9 Å². The number of nitrogens with two attached hydrogens (primary N) is 1. The highest BCUT2D eigenvalue weighted by atomic mass is 79.9. The fraction of sp³-hybridized carbons (Fsp3) is 0.600. The van der Waals surface area contributed by atoms with E-state index in [1.165, 1.54) is 6.07 Å². The van der Waals surface area contributed by atoms with Gasteiger partial charge in [-0.2, -0.15) is 0 Å². The molecule has 2 nitrogen and oxygen atoms in total. The van der Waals surface area contributed by atoms with Crippen LogP contribution in [-0.4, -0.2) is 18.8 Å². The number of rotatable bonds is 6. The van der Waals surface area contributed by atoms with E-state index in [0.29, 0.717) is 18.4 Å². The molecule has 1 aromatic rings. The fourth-order valence-corrected chi connectivity index (χ4v) is 3.14. The molecule has 4 heteroatoms. The van der Waals surface area contributed by atoms with E-state index < -0.39 is 0 Å². The van der Waals surface area contributed by atoms with Crippen LogP contribution in [0.3, 0.4) is 0 Å². The van der Waals surface area contributed by atoms with E-state index in [0.717, 1.165) is 35.9 Å². The van der Waals surface area contributed by atoms with Crippen molar-refractivity contribution in [2.24, 2.45) is 11.7 Å². The molecule has 1 aliphatic carbocycles. The van der Waals surface area contributed by atoms with Crippen LogP contribution < -0.4 is 5.73 Å². The zero-order valence-electron chi connectivity index (χ0n) is 11.2. The van der Waals surface area contributed by atoms with Gasteiger partial charge in [-0.3, -0.25) is 0 Å². The minimum atomic E-state index is -0.203. The highest BCUT2D eigenvalue weighted by Gasteiger charge is 2.30. The van der Waals surface area contributed by atoms with Crippen molar-refractivity contribution in [1.82, 2.24) is 0 Å². The van der Waals surface area contributed by atoms with Gasteiger partial charge in [-0.05, 0) is 62.3 Å². The van der Waals surface area contributed by atoms with E-state index in [4.69, 9.17) is 10.5 Å². The van der Waals surface area contributed by atoms with Crippen molar-refractivity contribution in [3.05, 3.63) is 34.1 Å². The van der Waals surface area contributed by atoms with Crippen molar-refractivity contribution in [3.63, 3.8) is 0 Å². The number of halogens is 2. The smallest absolute Gasteiger partial charge is 0.123 e. The average Bonchev–Trinajstić information content (AvgIpc) is 2.31. The molecule has 1 aromatic carbocycles. The Hall–Kier alpha value is -0.450. The van der Waals surface area contributed by atoms with Crippen LogP contribution >= 0.6 is 15.9 Å². The summed E-state index contributed by atoms with van der Waals surface area (Å²) in [7, 11) is 0. The number of benzene rings is 1. The van der Waals surface area contributed by atoms with E-state index in [-0.39, 0.29) is 11.9 Å². The van der Waals surface area contributed by atoms with Gasteiger partial charge < -0.3 is 10.5 Å². The third-order valence-electron chi connectivity index (χ3n) is 3.72. The van der Waals surface area contributed by atoms with Crippen molar-refractivity contribution in [1.29, 1.82) is 0 Å². The van der Waals surface area contributed by atoms with E-state index >= 15 is 0 Å². The first-order valence-corrected chi connectivity index (χ1v) is 7.69. The molecule has 19 heavy (non-hydrogen) atoms. The summed E-state index contributed by atoms with van der Waals surface area (Å²) in [5, 5.41) is 0. The van der Waals surface area contributed by atoms with Gasteiger partial charge in [0.15, 0.2) is 0 Å². The molecule has 0 spiro atoms. The maximum absolute atomic E-state index is 13.2. The molecule has 0 radical (unpaired) electrons. The van der Waals surface area contributed by atoms with E-state index in [1.54, 1.807) is 12.1 Å². The molecule has 0 aromatic heterocycles. The van der Waals surface area contributed by atoms with Gasteiger partial charge in [0.1, 0.15) is 5.82 Å². The summed E-state index contributed by atoms with van der Waals surface area (Å²) in [6.07, 6.45) is 4.38. The lowest BCUT2D eigenvalue weighted by molar-refractivity contribution is -0.0280. The molecule has 2 rings (SSSR count). The maximum atomic E-state index is 13.2. The molecule has 0 amide bonds. The van der Waals surface area contributed by atoms with Crippen molar-refractivity contribution in [2.75, 3.05) is 6.61 Å². The standard InChI is InChI=1S/C15H21BrFNO/c1-2-19-14-6-10(7-14)5-13(18)9-11-8-12(17)3-4-15(11)16/h3-4,8,10,13-14H,2,5-7,9,18H2,1H3. The normalized spacial score (nSPS) is 24.0. The second-order valence-electron chi connectivity index (χ2n) is 5.35. The molecule has 0 bridgehead atoms.